The minimum Gasteiger partial charge on any atom is -0.337 e. The maximum Gasteiger partial charge on any atom is 0.169 e. The molecule has 0 unspecified atom stereocenters. The average Bonchev–Trinajstić information content (AvgIpc) is 2.66. The molecule has 1 aromatic rings. The quantitative estimate of drug-likeness (QED) is 0.691. The first kappa shape index (κ1) is 11.4. The SMILES string of the molecule is CC(C)(C#N)CCCn1cnc(C=O)c1. The molecule has 0 amide bonds. The van der Waals surface area contributed by atoms with E-state index in [1.54, 1.807) is 12.5 Å². The molecule has 4 nitrogen and oxygen atoms in total. The molecule has 0 atom stereocenters. The van der Waals surface area contributed by atoms with E-state index in [2.05, 4.69) is 11.1 Å². The van der Waals surface area contributed by atoms with Gasteiger partial charge in [0.15, 0.2) is 6.29 Å². The van der Waals surface area contributed by atoms with Crippen LogP contribution in [0.2, 0.25) is 0 Å². The molecule has 0 aliphatic heterocycles. The molecule has 1 heterocycles. The van der Waals surface area contributed by atoms with Gasteiger partial charge in [-0.15, -0.1) is 0 Å². The number of carbonyl (C=O) groups excluding carboxylic acids is 1. The Bertz CT molecular complexity index is 373. The number of imidazole rings is 1. The first-order valence-corrected chi connectivity index (χ1v) is 4.95. The standard InChI is InChI=1S/C11H15N3O/c1-11(2,8-12)4-3-5-14-6-10(7-15)13-9-14/h6-7,9H,3-5H2,1-2H3. The van der Waals surface area contributed by atoms with Crippen molar-refractivity contribution >= 4 is 6.29 Å². The van der Waals surface area contributed by atoms with Crippen molar-refractivity contribution in [1.29, 1.82) is 5.26 Å². The Kier molecular flexibility index (Phi) is 3.62. The predicted octanol–water partition coefficient (Wildman–Crippen LogP) is 2.03. The molecule has 0 fully saturated rings. The Balaban J connectivity index is 2.38. The van der Waals surface area contributed by atoms with Gasteiger partial charge >= 0.3 is 0 Å². The second kappa shape index (κ2) is 4.74. The third kappa shape index (κ3) is 3.55. The Morgan fingerprint density at radius 3 is 2.93 bits per heavy atom. The van der Waals surface area contributed by atoms with Crippen LogP contribution in [-0.2, 0) is 6.54 Å². The summed E-state index contributed by atoms with van der Waals surface area (Å²) in [5.74, 6) is 0. The van der Waals surface area contributed by atoms with E-state index in [1.807, 2.05) is 18.4 Å². The lowest BCUT2D eigenvalue weighted by Crippen LogP contribution is -2.09. The van der Waals surface area contributed by atoms with Crippen molar-refractivity contribution in [1.82, 2.24) is 9.55 Å². The lowest BCUT2D eigenvalue weighted by Gasteiger charge is -2.14. The number of hydrogen-bond acceptors (Lipinski definition) is 3. The Morgan fingerprint density at radius 1 is 1.67 bits per heavy atom. The molecule has 1 aromatic heterocycles. The van der Waals surface area contributed by atoms with Crippen molar-refractivity contribution < 1.29 is 4.79 Å². The normalized spacial score (nSPS) is 11.0. The fourth-order valence-corrected chi connectivity index (χ4v) is 1.32. The molecule has 0 aliphatic carbocycles. The smallest absolute Gasteiger partial charge is 0.169 e. The molecule has 1 rings (SSSR count). The highest BCUT2D eigenvalue weighted by Crippen LogP contribution is 2.20. The fourth-order valence-electron chi connectivity index (χ4n) is 1.32. The monoisotopic (exact) mass is 205 g/mol. The van der Waals surface area contributed by atoms with Crippen LogP contribution in [0.5, 0.6) is 0 Å². The van der Waals surface area contributed by atoms with Crippen LogP contribution in [-0.4, -0.2) is 15.8 Å². The van der Waals surface area contributed by atoms with E-state index in [1.165, 1.54) is 0 Å². The van der Waals surface area contributed by atoms with Crippen LogP contribution in [0.15, 0.2) is 12.5 Å². The number of carbonyl (C=O) groups is 1. The van der Waals surface area contributed by atoms with Gasteiger partial charge in [-0.2, -0.15) is 5.26 Å². The number of hydrogen-bond donors (Lipinski definition) is 0. The van der Waals surface area contributed by atoms with Crippen molar-refractivity contribution in [3.63, 3.8) is 0 Å². The van der Waals surface area contributed by atoms with Crippen LogP contribution in [0.25, 0.3) is 0 Å². The van der Waals surface area contributed by atoms with Crippen molar-refractivity contribution in [3.8, 4) is 6.07 Å². The lowest BCUT2D eigenvalue weighted by molar-refractivity contribution is 0.111. The summed E-state index contributed by atoms with van der Waals surface area (Å²) in [7, 11) is 0. The zero-order valence-electron chi connectivity index (χ0n) is 9.10. The van der Waals surface area contributed by atoms with E-state index in [9.17, 15) is 4.79 Å². The van der Waals surface area contributed by atoms with E-state index in [0.29, 0.717) is 5.69 Å². The lowest BCUT2D eigenvalue weighted by atomic mass is 9.90. The number of aldehydes is 1. The van der Waals surface area contributed by atoms with Gasteiger partial charge in [-0.05, 0) is 26.7 Å². The van der Waals surface area contributed by atoms with E-state index in [-0.39, 0.29) is 5.41 Å². The molecule has 15 heavy (non-hydrogen) atoms. The Morgan fingerprint density at radius 2 is 2.40 bits per heavy atom. The molecule has 0 aliphatic rings. The van der Waals surface area contributed by atoms with Crippen LogP contribution < -0.4 is 0 Å². The molecular formula is C11H15N3O. The molecule has 0 spiro atoms. The summed E-state index contributed by atoms with van der Waals surface area (Å²) in [6.07, 6.45) is 5.85. The van der Waals surface area contributed by atoms with Gasteiger partial charge in [-0.25, -0.2) is 4.98 Å². The van der Waals surface area contributed by atoms with Gasteiger partial charge in [-0.3, -0.25) is 4.79 Å². The Hall–Kier alpha value is -1.63. The third-order valence-corrected chi connectivity index (χ3v) is 2.29. The predicted molar refractivity (Wildman–Crippen MR) is 56.2 cm³/mol. The van der Waals surface area contributed by atoms with Crippen molar-refractivity contribution in [2.45, 2.75) is 33.2 Å². The molecular weight excluding hydrogens is 190 g/mol. The number of aryl methyl sites for hydroxylation is 1. The summed E-state index contributed by atoms with van der Waals surface area (Å²) in [6, 6.07) is 2.26. The van der Waals surface area contributed by atoms with Crippen molar-refractivity contribution in [2.75, 3.05) is 0 Å². The first-order valence-electron chi connectivity index (χ1n) is 4.95. The topological polar surface area (TPSA) is 58.7 Å². The number of nitrogens with zero attached hydrogens (tertiary/aromatic N) is 3. The second-order valence-electron chi connectivity index (χ2n) is 4.25. The fraction of sp³-hybridized carbons (Fsp3) is 0.545. The van der Waals surface area contributed by atoms with Crippen LogP contribution in [0.4, 0.5) is 0 Å². The molecule has 0 aromatic carbocycles. The zero-order chi connectivity index (χ0) is 11.3. The van der Waals surface area contributed by atoms with E-state index in [4.69, 9.17) is 5.26 Å². The van der Waals surface area contributed by atoms with Gasteiger partial charge in [0.2, 0.25) is 0 Å². The highest BCUT2D eigenvalue weighted by Gasteiger charge is 2.15. The molecule has 0 N–H and O–H groups in total. The third-order valence-electron chi connectivity index (χ3n) is 2.29. The number of nitriles is 1. The van der Waals surface area contributed by atoms with Gasteiger partial charge in [0.1, 0.15) is 5.69 Å². The molecule has 4 heteroatoms. The zero-order valence-corrected chi connectivity index (χ0v) is 9.10. The summed E-state index contributed by atoms with van der Waals surface area (Å²) in [5.41, 5.74) is 0.184. The van der Waals surface area contributed by atoms with Gasteiger partial charge in [0, 0.05) is 12.7 Å². The van der Waals surface area contributed by atoms with E-state index < -0.39 is 0 Å². The maximum absolute atomic E-state index is 10.4. The van der Waals surface area contributed by atoms with Crippen LogP contribution >= 0.6 is 0 Å². The highest BCUT2D eigenvalue weighted by molar-refractivity contribution is 5.70. The molecule has 80 valence electrons. The first-order chi connectivity index (χ1) is 7.07. The second-order valence-corrected chi connectivity index (χ2v) is 4.25. The van der Waals surface area contributed by atoms with Crippen LogP contribution in [0, 0.1) is 16.7 Å². The van der Waals surface area contributed by atoms with Gasteiger partial charge in [-0.1, -0.05) is 0 Å². The van der Waals surface area contributed by atoms with Gasteiger partial charge < -0.3 is 4.57 Å². The van der Waals surface area contributed by atoms with Crippen LogP contribution in [0.3, 0.4) is 0 Å². The summed E-state index contributed by atoms with van der Waals surface area (Å²) in [4.78, 5) is 14.3. The average molecular weight is 205 g/mol. The summed E-state index contributed by atoms with van der Waals surface area (Å²) < 4.78 is 1.87. The van der Waals surface area contributed by atoms with E-state index >= 15 is 0 Å². The molecule has 0 bridgehead atoms. The summed E-state index contributed by atoms with van der Waals surface area (Å²) >= 11 is 0. The maximum atomic E-state index is 10.4. The van der Waals surface area contributed by atoms with Crippen molar-refractivity contribution in [2.24, 2.45) is 5.41 Å². The van der Waals surface area contributed by atoms with Gasteiger partial charge in [0.25, 0.3) is 0 Å². The summed E-state index contributed by atoms with van der Waals surface area (Å²) in [6.45, 7) is 4.65. The number of rotatable bonds is 5. The summed E-state index contributed by atoms with van der Waals surface area (Å²) in [5, 5.41) is 8.82. The molecule has 0 saturated heterocycles. The molecule has 0 radical (unpaired) electrons. The minimum absolute atomic E-state index is 0.270. The largest absolute Gasteiger partial charge is 0.337 e. The minimum atomic E-state index is -0.270. The van der Waals surface area contributed by atoms with E-state index in [0.717, 1.165) is 25.7 Å². The number of aromatic nitrogens is 2. The van der Waals surface area contributed by atoms with Gasteiger partial charge in [0.05, 0.1) is 17.8 Å². The molecule has 0 saturated carbocycles. The van der Waals surface area contributed by atoms with Crippen LogP contribution in [0.1, 0.15) is 37.2 Å². The van der Waals surface area contributed by atoms with Crippen molar-refractivity contribution in [3.05, 3.63) is 18.2 Å². The highest BCUT2D eigenvalue weighted by atomic mass is 16.1. The Labute approximate surface area is 89.5 Å².